The van der Waals surface area contributed by atoms with Crippen LogP contribution in [0.2, 0.25) is 5.15 Å². The van der Waals surface area contributed by atoms with E-state index in [-0.39, 0.29) is 5.91 Å². The van der Waals surface area contributed by atoms with E-state index in [4.69, 9.17) is 11.6 Å². The quantitative estimate of drug-likeness (QED) is 0.888. The third-order valence-corrected chi connectivity index (χ3v) is 4.24. The van der Waals surface area contributed by atoms with Crippen molar-refractivity contribution >= 4 is 33.4 Å². The molecule has 2 aromatic rings. The van der Waals surface area contributed by atoms with Crippen molar-refractivity contribution in [2.45, 2.75) is 5.92 Å². The van der Waals surface area contributed by atoms with Gasteiger partial charge in [0.2, 0.25) is 0 Å². The number of aromatic nitrogens is 3. The standard InChI is InChI=1S/C11H10BrClN4O/c12-7-3-9(15-10(7)13)11(18)17-4-6(5-17)8-1-2-14-16-8/h1-3,6,15H,4-5H2,(H,14,16). The second-order valence-corrected chi connectivity index (χ2v) is 5.50. The average molecular weight is 330 g/mol. The number of carbonyl (C=O) groups is 1. The second kappa shape index (κ2) is 4.44. The van der Waals surface area contributed by atoms with Crippen LogP contribution in [-0.2, 0) is 0 Å². The van der Waals surface area contributed by atoms with Gasteiger partial charge in [0.05, 0.1) is 4.47 Å². The van der Waals surface area contributed by atoms with Crippen LogP contribution in [0.25, 0.3) is 0 Å². The zero-order valence-electron chi connectivity index (χ0n) is 9.28. The molecule has 18 heavy (non-hydrogen) atoms. The van der Waals surface area contributed by atoms with Crippen molar-refractivity contribution in [1.29, 1.82) is 0 Å². The molecule has 1 aliphatic heterocycles. The van der Waals surface area contributed by atoms with E-state index in [9.17, 15) is 4.79 Å². The molecule has 0 unspecified atom stereocenters. The Morgan fingerprint density at radius 3 is 2.89 bits per heavy atom. The van der Waals surface area contributed by atoms with Crippen LogP contribution in [0, 0.1) is 0 Å². The minimum absolute atomic E-state index is 0.0293. The summed E-state index contributed by atoms with van der Waals surface area (Å²) in [6, 6.07) is 3.64. The Morgan fingerprint density at radius 1 is 1.56 bits per heavy atom. The summed E-state index contributed by atoms with van der Waals surface area (Å²) in [5.41, 5.74) is 1.58. The molecule has 7 heteroatoms. The first-order chi connectivity index (χ1) is 8.65. The average Bonchev–Trinajstić information content (AvgIpc) is 2.88. The molecule has 0 saturated carbocycles. The Labute approximate surface area is 117 Å². The maximum Gasteiger partial charge on any atom is 0.270 e. The predicted octanol–water partition coefficient (Wildman–Crippen LogP) is 2.39. The maximum absolute atomic E-state index is 12.1. The summed E-state index contributed by atoms with van der Waals surface area (Å²) in [5, 5.41) is 7.29. The van der Waals surface area contributed by atoms with Crippen LogP contribution in [0.4, 0.5) is 0 Å². The number of nitrogens with zero attached hydrogens (tertiary/aromatic N) is 2. The molecule has 3 rings (SSSR count). The van der Waals surface area contributed by atoms with E-state index < -0.39 is 0 Å². The number of hydrogen-bond acceptors (Lipinski definition) is 2. The molecule has 1 aliphatic rings. The van der Waals surface area contributed by atoms with Crippen LogP contribution in [-0.4, -0.2) is 39.1 Å². The predicted molar refractivity (Wildman–Crippen MR) is 70.7 cm³/mol. The molecule has 0 aromatic carbocycles. The fraction of sp³-hybridized carbons (Fsp3) is 0.273. The van der Waals surface area contributed by atoms with E-state index in [2.05, 4.69) is 31.1 Å². The van der Waals surface area contributed by atoms with Crippen LogP contribution in [0.15, 0.2) is 22.8 Å². The molecule has 1 saturated heterocycles. The molecule has 1 amide bonds. The molecule has 94 valence electrons. The monoisotopic (exact) mass is 328 g/mol. The van der Waals surface area contributed by atoms with Gasteiger partial charge in [-0.05, 0) is 28.1 Å². The number of halogens is 2. The van der Waals surface area contributed by atoms with Crippen LogP contribution in [0.3, 0.4) is 0 Å². The van der Waals surface area contributed by atoms with Crippen molar-refractivity contribution in [2.24, 2.45) is 0 Å². The number of aromatic amines is 2. The van der Waals surface area contributed by atoms with E-state index in [0.29, 0.717) is 34.3 Å². The van der Waals surface area contributed by atoms with Crippen molar-refractivity contribution in [3.63, 3.8) is 0 Å². The third-order valence-electron chi connectivity index (χ3n) is 3.09. The zero-order chi connectivity index (χ0) is 12.7. The highest BCUT2D eigenvalue weighted by Crippen LogP contribution is 2.28. The van der Waals surface area contributed by atoms with E-state index in [0.717, 1.165) is 5.69 Å². The van der Waals surface area contributed by atoms with E-state index >= 15 is 0 Å². The first-order valence-electron chi connectivity index (χ1n) is 5.47. The van der Waals surface area contributed by atoms with Gasteiger partial charge in [-0.2, -0.15) is 5.10 Å². The fourth-order valence-electron chi connectivity index (χ4n) is 2.02. The van der Waals surface area contributed by atoms with Gasteiger partial charge in [-0.25, -0.2) is 0 Å². The largest absolute Gasteiger partial charge is 0.341 e. The van der Waals surface area contributed by atoms with E-state index in [1.807, 2.05) is 6.07 Å². The van der Waals surface area contributed by atoms with Gasteiger partial charge in [0, 0.05) is 30.9 Å². The SMILES string of the molecule is O=C(c1cc(Br)c(Cl)[nH]1)N1CC(c2ccn[nH]2)C1. The summed E-state index contributed by atoms with van der Waals surface area (Å²) in [4.78, 5) is 16.7. The smallest absolute Gasteiger partial charge is 0.270 e. The molecular weight excluding hydrogens is 320 g/mol. The number of likely N-dealkylation sites (tertiary alicyclic amines) is 1. The lowest BCUT2D eigenvalue weighted by atomic mass is 9.96. The van der Waals surface area contributed by atoms with E-state index in [1.54, 1.807) is 17.2 Å². The van der Waals surface area contributed by atoms with Gasteiger partial charge in [-0.1, -0.05) is 11.6 Å². The van der Waals surface area contributed by atoms with Crippen molar-refractivity contribution in [3.05, 3.63) is 39.3 Å². The first kappa shape index (κ1) is 11.8. The Kier molecular flexibility index (Phi) is 2.91. The summed E-state index contributed by atoms with van der Waals surface area (Å²) < 4.78 is 0.707. The molecule has 0 bridgehead atoms. The lowest BCUT2D eigenvalue weighted by molar-refractivity contribution is 0.0593. The van der Waals surface area contributed by atoms with Gasteiger partial charge < -0.3 is 9.88 Å². The Bertz CT molecular complexity index is 554. The number of H-pyrrole nitrogens is 2. The van der Waals surface area contributed by atoms with E-state index in [1.165, 1.54) is 0 Å². The number of nitrogens with one attached hydrogen (secondary N) is 2. The Balaban J connectivity index is 1.66. The van der Waals surface area contributed by atoms with Crippen molar-refractivity contribution in [1.82, 2.24) is 20.1 Å². The summed E-state index contributed by atoms with van der Waals surface area (Å²) in [6.45, 7) is 1.41. The molecule has 0 aliphatic carbocycles. The Morgan fingerprint density at radius 2 is 2.33 bits per heavy atom. The lowest BCUT2D eigenvalue weighted by Gasteiger charge is -2.38. The summed E-state index contributed by atoms with van der Waals surface area (Å²) in [7, 11) is 0. The molecule has 0 atom stereocenters. The fourth-order valence-corrected chi connectivity index (χ4v) is 2.51. The zero-order valence-corrected chi connectivity index (χ0v) is 11.6. The summed E-state index contributed by atoms with van der Waals surface area (Å²) in [5.74, 6) is 0.323. The molecule has 3 heterocycles. The third kappa shape index (κ3) is 1.95. The van der Waals surface area contributed by atoms with Crippen molar-refractivity contribution in [3.8, 4) is 0 Å². The van der Waals surface area contributed by atoms with Crippen LogP contribution in [0.5, 0.6) is 0 Å². The molecule has 2 N–H and O–H groups in total. The number of carbonyl (C=O) groups excluding carboxylic acids is 1. The molecule has 2 aromatic heterocycles. The van der Waals surface area contributed by atoms with Gasteiger partial charge >= 0.3 is 0 Å². The summed E-state index contributed by atoms with van der Waals surface area (Å²) >= 11 is 9.13. The lowest BCUT2D eigenvalue weighted by Crippen LogP contribution is -2.48. The molecule has 5 nitrogen and oxygen atoms in total. The molecule has 0 radical (unpaired) electrons. The van der Waals surface area contributed by atoms with Crippen LogP contribution < -0.4 is 0 Å². The molecule has 1 fully saturated rings. The van der Waals surface area contributed by atoms with Gasteiger partial charge in [-0.15, -0.1) is 0 Å². The van der Waals surface area contributed by atoms with Crippen LogP contribution >= 0.6 is 27.5 Å². The minimum atomic E-state index is -0.0293. The maximum atomic E-state index is 12.1. The van der Waals surface area contributed by atoms with Crippen LogP contribution in [0.1, 0.15) is 22.1 Å². The van der Waals surface area contributed by atoms with Crippen molar-refractivity contribution in [2.75, 3.05) is 13.1 Å². The highest BCUT2D eigenvalue weighted by molar-refractivity contribution is 9.10. The topological polar surface area (TPSA) is 64.8 Å². The van der Waals surface area contributed by atoms with Gasteiger partial charge in [-0.3, -0.25) is 9.89 Å². The number of rotatable bonds is 2. The van der Waals surface area contributed by atoms with Crippen molar-refractivity contribution < 1.29 is 4.79 Å². The van der Waals surface area contributed by atoms with Gasteiger partial charge in [0.15, 0.2) is 0 Å². The minimum Gasteiger partial charge on any atom is -0.341 e. The summed E-state index contributed by atoms with van der Waals surface area (Å²) in [6.07, 6.45) is 1.72. The first-order valence-corrected chi connectivity index (χ1v) is 6.65. The highest BCUT2D eigenvalue weighted by Gasteiger charge is 2.33. The molecular formula is C11H10BrClN4O. The number of hydrogen-bond donors (Lipinski definition) is 2. The van der Waals surface area contributed by atoms with Gasteiger partial charge in [0.1, 0.15) is 10.8 Å². The molecule has 0 spiro atoms. The highest BCUT2D eigenvalue weighted by atomic mass is 79.9. The number of amides is 1. The normalized spacial score (nSPS) is 15.8. The second-order valence-electron chi connectivity index (χ2n) is 4.26. The Hall–Kier alpha value is -1.27. The van der Waals surface area contributed by atoms with Gasteiger partial charge in [0.25, 0.3) is 5.91 Å².